The number of sulfonamides is 1. The molecule has 0 aliphatic heterocycles. The maximum Gasteiger partial charge on any atom is 0.243 e. The van der Waals surface area contributed by atoms with Crippen LogP contribution in [0.5, 0.6) is 11.5 Å². The van der Waals surface area contributed by atoms with Crippen LogP contribution in [0.4, 0.5) is 0 Å². The van der Waals surface area contributed by atoms with E-state index < -0.39 is 28.8 Å². The molecule has 0 fully saturated rings. The third-order valence-electron chi connectivity index (χ3n) is 5.27. The van der Waals surface area contributed by atoms with Gasteiger partial charge in [-0.15, -0.1) is 0 Å². The normalized spacial score (nSPS) is 13.5. The minimum Gasteiger partial charge on any atom is -0.493 e. The van der Waals surface area contributed by atoms with Gasteiger partial charge >= 0.3 is 0 Å². The second kappa shape index (κ2) is 11.0. The molecule has 7 nitrogen and oxygen atoms in total. The Morgan fingerprint density at radius 2 is 1.58 bits per heavy atom. The molecule has 0 saturated heterocycles. The maximum absolute atomic E-state index is 13.7. The molecule has 3 aromatic rings. The molecular weight excluding hydrogens is 466 g/mol. The molecule has 9 heteroatoms. The van der Waals surface area contributed by atoms with Gasteiger partial charge in [-0.3, -0.25) is 0 Å². The van der Waals surface area contributed by atoms with Crippen LogP contribution in [0.25, 0.3) is 0 Å². The van der Waals surface area contributed by atoms with Gasteiger partial charge in [0.05, 0.1) is 37.9 Å². The van der Waals surface area contributed by atoms with E-state index >= 15 is 0 Å². The molecule has 0 spiro atoms. The zero-order chi connectivity index (χ0) is 24.0. The lowest BCUT2D eigenvalue weighted by Crippen LogP contribution is -2.45. The van der Waals surface area contributed by atoms with Crippen LogP contribution >= 0.6 is 11.6 Å². The summed E-state index contributed by atoms with van der Waals surface area (Å²) in [5, 5.41) is 21.6. The van der Waals surface area contributed by atoms with Gasteiger partial charge in [-0.1, -0.05) is 48.0 Å². The number of hydrogen-bond donors (Lipinski definition) is 2. The predicted molar refractivity (Wildman–Crippen MR) is 126 cm³/mol. The van der Waals surface area contributed by atoms with E-state index in [0.717, 1.165) is 4.31 Å². The minimum absolute atomic E-state index is 0.00825. The van der Waals surface area contributed by atoms with Crippen molar-refractivity contribution in [1.82, 2.24) is 4.31 Å². The van der Waals surface area contributed by atoms with Crippen molar-refractivity contribution < 1.29 is 28.1 Å². The van der Waals surface area contributed by atoms with Gasteiger partial charge in [0.2, 0.25) is 10.0 Å². The van der Waals surface area contributed by atoms with E-state index in [1.807, 2.05) is 0 Å². The average molecular weight is 492 g/mol. The molecule has 0 aliphatic rings. The van der Waals surface area contributed by atoms with E-state index in [2.05, 4.69) is 0 Å². The first kappa shape index (κ1) is 25.0. The lowest BCUT2D eigenvalue weighted by molar-refractivity contribution is 0.0492. The van der Waals surface area contributed by atoms with E-state index in [-0.39, 0.29) is 11.4 Å². The Kier molecular flexibility index (Phi) is 8.34. The van der Waals surface area contributed by atoms with Gasteiger partial charge < -0.3 is 19.7 Å². The molecule has 2 N–H and O–H groups in total. The third-order valence-corrected chi connectivity index (χ3v) is 7.41. The Morgan fingerprint density at radius 3 is 2.15 bits per heavy atom. The quantitative estimate of drug-likeness (QED) is 0.449. The van der Waals surface area contributed by atoms with E-state index in [1.54, 1.807) is 48.5 Å². The number of aliphatic hydroxyl groups is 2. The summed E-state index contributed by atoms with van der Waals surface area (Å²) >= 11 is 5.94. The lowest BCUT2D eigenvalue weighted by Gasteiger charge is -2.33. The summed E-state index contributed by atoms with van der Waals surface area (Å²) in [6, 6.07) is 18.2. The largest absolute Gasteiger partial charge is 0.493 e. The van der Waals surface area contributed by atoms with Crippen molar-refractivity contribution in [1.29, 1.82) is 0 Å². The Balaban J connectivity index is 2.08. The lowest BCUT2D eigenvalue weighted by atomic mass is 10.0. The standard InChI is InChI=1S/C24H26ClNO6S/c1-31-22-13-8-17(14-23(22)32-2)15-26(33(29,30)20-11-9-19(25)10-12-20)21(16-27)24(28)18-6-4-3-5-7-18/h3-14,21,24,27-28H,15-16H2,1-2H3/t21-,24+/m1/s1. The predicted octanol–water partition coefficient (Wildman–Crippen LogP) is 3.64. The monoisotopic (exact) mass is 491 g/mol. The van der Waals surface area contributed by atoms with Gasteiger partial charge in [0.25, 0.3) is 0 Å². The zero-order valence-electron chi connectivity index (χ0n) is 18.3. The van der Waals surface area contributed by atoms with Gasteiger partial charge in [-0.25, -0.2) is 8.42 Å². The molecule has 3 rings (SSSR count). The topological polar surface area (TPSA) is 96.3 Å². The number of hydrogen-bond acceptors (Lipinski definition) is 6. The van der Waals surface area contributed by atoms with Crippen LogP contribution in [-0.4, -0.2) is 49.8 Å². The van der Waals surface area contributed by atoms with E-state index in [0.29, 0.717) is 27.6 Å². The highest BCUT2D eigenvalue weighted by Crippen LogP contribution is 2.32. The van der Waals surface area contributed by atoms with Crippen molar-refractivity contribution >= 4 is 21.6 Å². The number of nitrogens with zero attached hydrogens (tertiary/aromatic N) is 1. The fraction of sp³-hybridized carbons (Fsp3) is 0.250. The van der Waals surface area contributed by atoms with Crippen molar-refractivity contribution in [2.45, 2.75) is 23.6 Å². The number of aliphatic hydroxyl groups excluding tert-OH is 2. The summed E-state index contributed by atoms with van der Waals surface area (Å²) in [5.41, 5.74) is 1.07. The molecular formula is C24H26ClNO6S. The van der Waals surface area contributed by atoms with E-state index in [1.165, 1.54) is 38.5 Å². The number of halogens is 1. The van der Waals surface area contributed by atoms with Gasteiger partial charge in [-0.2, -0.15) is 4.31 Å². The Bertz CT molecular complexity index is 1160. The van der Waals surface area contributed by atoms with Crippen LogP contribution < -0.4 is 9.47 Å². The summed E-state index contributed by atoms with van der Waals surface area (Å²) in [6.45, 7) is -0.726. The van der Waals surface area contributed by atoms with E-state index in [9.17, 15) is 18.6 Å². The highest BCUT2D eigenvalue weighted by molar-refractivity contribution is 7.89. The molecule has 0 aliphatic carbocycles. The van der Waals surface area contributed by atoms with Crippen LogP contribution in [0, 0.1) is 0 Å². The highest BCUT2D eigenvalue weighted by atomic mass is 35.5. The van der Waals surface area contributed by atoms with Crippen molar-refractivity contribution in [2.75, 3.05) is 20.8 Å². The molecule has 0 unspecified atom stereocenters. The summed E-state index contributed by atoms with van der Waals surface area (Å²) < 4.78 is 39.0. The molecule has 0 amide bonds. The second-order valence-electron chi connectivity index (χ2n) is 7.30. The average Bonchev–Trinajstić information content (AvgIpc) is 2.84. The molecule has 0 bridgehead atoms. The Hall–Kier alpha value is -2.62. The number of benzene rings is 3. The number of rotatable bonds is 10. The van der Waals surface area contributed by atoms with Crippen molar-refractivity contribution in [3.63, 3.8) is 0 Å². The fourth-order valence-corrected chi connectivity index (χ4v) is 5.24. The molecule has 0 saturated carbocycles. The van der Waals surface area contributed by atoms with Crippen LogP contribution in [0.1, 0.15) is 17.2 Å². The first-order valence-electron chi connectivity index (χ1n) is 10.1. The Labute approximate surface area is 198 Å². The fourth-order valence-electron chi connectivity index (χ4n) is 3.50. The summed E-state index contributed by atoms with van der Waals surface area (Å²) in [7, 11) is -1.14. The Morgan fingerprint density at radius 1 is 0.939 bits per heavy atom. The SMILES string of the molecule is COc1ccc(CN([C@H](CO)[C@@H](O)c2ccccc2)S(=O)(=O)c2ccc(Cl)cc2)cc1OC. The van der Waals surface area contributed by atoms with Crippen molar-refractivity contribution in [2.24, 2.45) is 0 Å². The molecule has 3 aromatic carbocycles. The van der Waals surface area contributed by atoms with E-state index in [4.69, 9.17) is 21.1 Å². The second-order valence-corrected chi connectivity index (χ2v) is 9.63. The van der Waals surface area contributed by atoms with Gasteiger partial charge in [-0.05, 0) is 47.5 Å². The highest BCUT2D eigenvalue weighted by Gasteiger charge is 2.36. The summed E-state index contributed by atoms with van der Waals surface area (Å²) in [6.07, 6.45) is -1.27. The minimum atomic E-state index is -4.13. The molecule has 176 valence electrons. The maximum atomic E-state index is 13.7. The zero-order valence-corrected chi connectivity index (χ0v) is 19.8. The van der Waals surface area contributed by atoms with Crippen LogP contribution in [0.15, 0.2) is 77.7 Å². The van der Waals surface area contributed by atoms with Gasteiger partial charge in [0, 0.05) is 11.6 Å². The first-order chi connectivity index (χ1) is 15.8. The molecule has 33 heavy (non-hydrogen) atoms. The van der Waals surface area contributed by atoms with Crippen molar-refractivity contribution in [3.05, 3.63) is 88.9 Å². The summed E-state index contributed by atoms with van der Waals surface area (Å²) in [5.74, 6) is 0.930. The number of methoxy groups -OCH3 is 2. The smallest absolute Gasteiger partial charge is 0.243 e. The van der Waals surface area contributed by atoms with Crippen LogP contribution in [0.3, 0.4) is 0 Å². The number of ether oxygens (including phenoxy) is 2. The van der Waals surface area contributed by atoms with Crippen LogP contribution in [0.2, 0.25) is 5.02 Å². The first-order valence-corrected chi connectivity index (χ1v) is 12.0. The molecule has 0 heterocycles. The molecule has 0 aromatic heterocycles. The third kappa shape index (κ3) is 5.66. The van der Waals surface area contributed by atoms with Gasteiger partial charge in [0.15, 0.2) is 11.5 Å². The van der Waals surface area contributed by atoms with Gasteiger partial charge in [0.1, 0.15) is 0 Å². The van der Waals surface area contributed by atoms with Crippen molar-refractivity contribution in [3.8, 4) is 11.5 Å². The summed E-state index contributed by atoms with van der Waals surface area (Å²) in [4.78, 5) is -0.00825. The molecule has 2 atom stereocenters. The van der Waals surface area contributed by atoms with Crippen LogP contribution in [-0.2, 0) is 16.6 Å². The molecule has 0 radical (unpaired) electrons.